The fraction of sp³-hybridized carbons (Fsp3) is 0.350. The van der Waals surface area contributed by atoms with Crippen molar-refractivity contribution in [1.29, 1.82) is 0 Å². The molecule has 2 aromatic rings. The van der Waals surface area contributed by atoms with Crippen LogP contribution < -0.4 is 4.90 Å². The van der Waals surface area contributed by atoms with Crippen molar-refractivity contribution in [3.8, 4) is 0 Å². The highest BCUT2D eigenvalue weighted by molar-refractivity contribution is 6.00. The van der Waals surface area contributed by atoms with Gasteiger partial charge in [-0.25, -0.2) is 0 Å². The van der Waals surface area contributed by atoms with Crippen LogP contribution in [-0.2, 0) is 0 Å². The van der Waals surface area contributed by atoms with Gasteiger partial charge >= 0.3 is 0 Å². The molecule has 2 aromatic carbocycles. The van der Waals surface area contributed by atoms with Crippen molar-refractivity contribution in [1.82, 2.24) is 4.90 Å². The maximum absolute atomic E-state index is 13.0. The molecule has 24 heavy (non-hydrogen) atoms. The highest BCUT2D eigenvalue weighted by Gasteiger charge is 2.26. The molecule has 1 atom stereocenters. The highest BCUT2D eigenvalue weighted by atomic mass is 16.3. The fourth-order valence-corrected chi connectivity index (χ4v) is 3.31. The van der Waals surface area contributed by atoms with E-state index in [1.807, 2.05) is 71.4 Å². The smallest absolute Gasteiger partial charge is 0.255 e. The van der Waals surface area contributed by atoms with E-state index in [4.69, 9.17) is 0 Å². The van der Waals surface area contributed by atoms with E-state index in [0.29, 0.717) is 12.1 Å². The quantitative estimate of drug-likeness (QED) is 0.938. The summed E-state index contributed by atoms with van der Waals surface area (Å²) in [6, 6.07) is 17.8. The summed E-state index contributed by atoms with van der Waals surface area (Å²) < 4.78 is 0. The van der Waals surface area contributed by atoms with Crippen molar-refractivity contribution in [2.45, 2.75) is 12.8 Å². The number of carbonyl (C=O) groups excluding carboxylic acids is 1. The summed E-state index contributed by atoms with van der Waals surface area (Å²) >= 11 is 0. The zero-order chi connectivity index (χ0) is 16.9. The predicted octanol–water partition coefficient (Wildman–Crippen LogP) is 3.30. The SMILES string of the molecule is CN(c1ccccc1)c1ccccc1C(=O)N1CCCC(CO)C1. The summed E-state index contributed by atoms with van der Waals surface area (Å²) in [5.74, 6) is 0.244. The Balaban J connectivity index is 1.87. The minimum Gasteiger partial charge on any atom is -0.396 e. The van der Waals surface area contributed by atoms with Gasteiger partial charge in [-0.2, -0.15) is 0 Å². The summed E-state index contributed by atoms with van der Waals surface area (Å²) in [6.45, 7) is 1.55. The van der Waals surface area contributed by atoms with Gasteiger partial charge in [-0.3, -0.25) is 4.79 Å². The number of piperidine rings is 1. The molecule has 1 heterocycles. The van der Waals surface area contributed by atoms with E-state index < -0.39 is 0 Å². The van der Waals surface area contributed by atoms with E-state index in [0.717, 1.165) is 30.8 Å². The minimum absolute atomic E-state index is 0.0477. The summed E-state index contributed by atoms with van der Waals surface area (Å²) in [5, 5.41) is 9.41. The van der Waals surface area contributed by atoms with Crippen molar-refractivity contribution in [2.75, 3.05) is 31.6 Å². The number of para-hydroxylation sites is 2. The molecule has 1 amide bonds. The summed E-state index contributed by atoms with van der Waals surface area (Å²) in [6.07, 6.45) is 1.94. The van der Waals surface area contributed by atoms with Gasteiger partial charge in [0.05, 0.1) is 11.3 Å². The summed E-state index contributed by atoms with van der Waals surface area (Å²) in [4.78, 5) is 17.0. The third-order valence-electron chi connectivity index (χ3n) is 4.70. The Morgan fingerprint density at radius 2 is 1.88 bits per heavy atom. The van der Waals surface area contributed by atoms with Gasteiger partial charge in [0.1, 0.15) is 0 Å². The second kappa shape index (κ2) is 7.49. The summed E-state index contributed by atoms with van der Waals surface area (Å²) in [5.41, 5.74) is 2.66. The van der Waals surface area contributed by atoms with Crippen LogP contribution in [0.5, 0.6) is 0 Å². The van der Waals surface area contributed by atoms with Crippen LogP contribution in [-0.4, -0.2) is 42.7 Å². The van der Waals surface area contributed by atoms with Crippen LogP contribution in [0.25, 0.3) is 0 Å². The molecule has 4 heteroatoms. The number of anilines is 2. The van der Waals surface area contributed by atoms with Gasteiger partial charge < -0.3 is 14.9 Å². The lowest BCUT2D eigenvalue weighted by atomic mass is 9.98. The summed E-state index contributed by atoms with van der Waals surface area (Å²) in [7, 11) is 1.98. The molecule has 1 N–H and O–H groups in total. The molecule has 0 aliphatic carbocycles. The Morgan fingerprint density at radius 1 is 1.17 bits per heavy atom. The van der Waals surface area contributed by atoms with Crippen LogP contribution in [0.4, 0.5) is 11.4 Å². The Hall–Kier alpha value is -2.33. The van der Waals surface area contributed by atoms with Crippen LogP contribution in [0.1, 0.15) is 23.2 Å². The number of benzene rings is 2. The maximum Gasteiger partial charge on any atom is 0.255 e. The van der Waals surface area contributed by atoms with Crippen LogP contribution in [0.2, 0.25) is 0 Å². The lowest BCUT2D eigenvalue weighted by molar-refractivity contribution is 0.0621. The molecule has 0 spiro atoms. The molecule has 4 nitrogen and oxygen atoms in total. The number of rotatable bonds is 4. The number of aliphatic hydroxyl groups excluding tert-OH is 1. The van der Waals surface area contributed by atoms with Gasteiger partial charge in [0.2, 0.25) is 0 Å². The number of amides is 1. The number of carbonyl (C=O) groups is 1. The van der Waals surface area contributed by atoms with E-state index in [1.165, 1.54) is 0 Å². The molecule has 1 unspecified atom stereocenters. The van der Waals surface area contributed by atoms with Crippen molar-refractivity contribution in [3.63, 3.8) is 0 Å². The Labute approximate surface area is 143 Å². The van der Waals surface area contributed by atoms with Crippen LogP contribution >= 0.6 is 0 Å². The molecule has 0 saturated carbocycles. The van der Waals surface area contributed by atoms with Crippen molar-refractivity contribution < 1.29 is 9.90 Å². The van der Waals surface area contributed by atoms with Crippen molar-refractivity contribution >= 4 is 17.3 Å². The third kappa shape index (κ3) is 3.44. The maximum atomic E-state index is 13.0. The van der Waals surface area contributed by atoms with E-state index in [1.54, 1.807) is 0 Å². The molecule has 3 rings (SSSR count). The Kier molecular flexibility index (Phi) is 5.16. The van der Waals surface area contributed by atoms with Gasteiger partial charge in [-0.1, -0.05) is 30.3 Å². The zero-order valence-corrected chi connectivity index (χ0v) is 14.1. The van der Waals surface area contributed by atoms with Crippen LogP contribution in [0.3, 0.4) is 0 Å². The first-order valence-electron chi connectivity index (χ1n) is 8.48. The zero-order valence-electron chi connectivity index (χ0n) is 14.1. The molecule has 0 bridgehead atoms. The van der Waals surface area contributed by atoms with Gasteiger partial charge in [-0.05, 0) is 43.0 Å². The first-order chi connectivity index (χ1) is 11.7. The molecule has 1 fully saturated rings. The number of likely N-dealkylation sites (tertiary alicyclic amines) is 1. The highest BCUT2D eigenvalue weighted by Crippen LogP contribution is 2.28. The lowest BCUT2D eigenvalue weighted by Gasteiger charge is -2.33. The molecular formula is C20H24N2O2. The van der Waals surface area contributed by atoms with Crippen molar-refractivity contribution in [2.24, 2.45) is 5.92 Å². The van der Waals surface area contributed by atoms with E-state index >= 15 is 0 Å². The minimum atomic E-state index is 0.0477. The second-order valence-corrected chi connectivity index (χ2v) is 6.35. The number of nitrogens with zero attached hydrogens (tertiary/aromatic N) is 2. The van der Waals surface area contributed by atoms with Gasteiger partial charge in [-0.15, -0.1) is 0 Å². The number of aliphatic hydroxyl groups is 1. The van der Waals surface area contributed by atoms with Crippen LogP contribution in [0.15, 0.2) is 54.6 Å². The van der Waals surface area contributed by atoms with Gasteiger partial charge in [0, 0.05) is 32.4 Å². The second-order valence-electron chi connectivity index (χ2n) is 6.35. The number of hydrogen-bond donors (Lipinski definition) is 1. The van der Waals surface area contributed by atoms with Gasteiger partial charge in [0.25, 0.3) is 5.91 Å². The first kappa shape index (κ1) is 16.5. The molecule has 0 radical (unpaired) electrons. The topological polar surface area (TPSA) is 43.8 Å². The molecule has 0 aromatic heterocycles. The molecule has 126 valence electrons. The van der Waals surface area contributed by atoms with E-state index in [-0.39, 0.29) is 18.4 Å². The lowest BCUT2D eigenvalue weighted by Crippen LogP contribution is -2.41. The van der Waals surface area contributed by atoms with Gasteiger partial charge in [0.15, 0.2) is 0 Å². The monoisotopic (exact) mass is 324 g/mol. The molecule has 1 aliphatic heterocycles. The fourth-order valence-electron chi connectivity index (χ4n) is 3.31. The molecule has 1 aliphatic rings. The third-order valence-corrected chi connectivity index (χ3v) is 4.70. The molecular weight excluding hydrogens is 300 g/mol. The Morgan fingerprint density at radius 3 is 2.62 bits per heavy atom. The van der Waals surface area contributed by atoms with Crippen molar-refractivity contribution in [3.05, 3.63) is 60.2 Å². The average molecular weight is 324 g/mol. The Bertz CT molecular complexity index is 687. The largest absolute Gasteiger partial charge is 0.396 e. The van der Waals surface area contributed by atoms with E-state index in [2.05, 4.69) is 0 Å². The average Bonchev–Trinajstić information content (AvgIpc) is 2.67. The van der Waals surface area contributed by atoms with E-state index in [9.17, 15) is 9.90 Å². The first-order valence-corrected chi connectivity index (χ1v) is 8.48. The van der Waals surface area contributed by atoms with Crippen LogP contribution in [0, 0.1) is 5.92 Å². The number of hydrogen-bond acceptors (Lipinski definition) is 3. The standard InChI is InChI=1S/C20H24N2O2/c1-21(17-9-3-2-4-10-17)19-12-6-5-11-18(19)20(24)22-13-7-8-16(14-22)15-23/h2-6,9-12,16,23H,7-8,13-15H2,1H3. The molecule has 1 saturated heterocycles. The normalized spacial score (nSPS) is 17.6. The predicted molar refractivity (Wildman–Crippen MR) is 96.7 cm³/mol.